The Kier molecular flexibility index (Phi) is 24.8. The van der Waals surface area contributed by atoms with E-state index in [1.165, 1.54) is 0 Å². The van der Waals surface area contributed by atoms with Crippen LogP contribution in [-0.4, -0.2) is 32.4 Å². The normalized spacial score (nSPS) is 4.00. The van der Waals surface area contributed by atoms with Gasteiger partial charge in [-0.3, -0.25) is 0 Å². The first-order chi connectivity index (χ1) is 1.73. The van der Waals surface area contributed by atoms with Gasteiger partial charge in [-0.15, -0.1) is 0 Å². The van der Waals surface area contributed by atoms with Crippen LogP contribution in [0.5, 0.6) is 0 Å². The van der Waals surface area contributed by atoms with E-state index in [4.69, 9.17) is 15.3 Å². The van der Waals surface area contributed by atoms with Crippen molar-refractivity contribution >= 4 is 27.3 Å². The summed E-state index contributed by atoms with van der Waals surface area (Å²) in [5, 5.41) is 14.8. The van der Waals surface area contributed by atoms with Gasteiger partial charge in [-0.05, 0) is 0 Å². The SMILES string of the molecule is O=[N+]([O-])[O-].[Na+].[PbH2]. The molecule has 0 heterocycles. The molecular weight excluding hydrogens is 292 g/mol. The molecule has 0 aliphatic carbocycles. The maximum absolute atomic E-state index is 8.25. The average Bonchev–Trinajstić information content (AvgIpc) is 0.811. The van der Waals surface area contributed by atoms with Gasteiger partial charge in [-0.2, -0.15) is 0 Å². The molecule has 0 aromatic rings. The van der Waals surface area contributed by atoms with Crippen LogP contribution in [0, 0.1) is 15.3 Å². The van der Waals surface area contributed by atoms with E-state index in [2.05, 4.69) is 0 Å². The van der Waals surface area contributed by atoms with Crippen LogP contribution in [0.4, 0.5) is 0 Å². The first-order valence-corrected chi connectivity index (χ1v) is 0.548. The summed E-state index contributed by atoms with van der Waals surface area (Å²) in [5.41, 5.74) is 0. The van der Waals surface area contributed by atoms with Crippen molar-refractivity contribution in [2.45, 2.75) is 0 Å². The number of hydrogen-bond donors (Lipinski definition) is 0. The van der Waals surface area contributed by atoms with Gasteiger partial charge in [0.2, 0.25) is 0 Å². The van der Waals surface area contributed by atoms with E-state index in [0.29, 0.717) is 0 Å². The molecule has 0 rings (SSSR count). The van der Waals surface area contributed by atoms with Crippen LogP contribution in [0.3, 0.4) is 0 Å². The Bertz CT molecular complexity index is 33.8. The summed E-state index contributed by atoms with van der Waals surface area (Å²) >= 11 is 0. The van der Waals surface area contributed by atoms with Crippen LogP contribution in [0.25, 0.3) is 0 Å². The van der Waals surface area contributed by atoms with Gasteiger partial charge in [0.1, 0.15) is 0 Å². The van der Waals surface area contributed by atoms with Gasteiger partial charge in [-0.25, -0.2) is 0 Å². The van der Waals surface area contributed by atoms with E-state index in [1.54, 1.807) is 0 Å². The second kappa shape index (κ2) is 9.45. The molecule has 6 heteroatoms. The first-order valence-electron chi connectivity index (χ1n) is 0.548. The topological polar surface area (TPSA) is 66.2 Å². The molecule has 0 atom stereocenters. The molecule has 0 N–H and O–H groups in total. The van der Waals surface area contributed by atoms with Gasteiger partial charge in [0.15, 0.2) is 0 Å². The predicted molar refractivity (Wildman–Crippen MR) is 18.9 cm³/mol. The summed E-state index contributed by atoms with van der Waals surface area (Å²) in [6.45, 7) is 0. The molecule has 0 saturated heterocycles. The second-order valence-electron chi connectivity index (χ2n) is 0.224. The predicted octanol–water partition coefficient (Wildman–Crippen LogP) is -4.15. The van der Waals surface area contributed by atoms with Crippen LogP contribution in [0.15, 0.2) is 0 Å². The summed E-state index contributed by atoms with van der Waals surface area (Å²) in [4.78, 5) is 8.25. The van der Waals surface area contributed by atoms with Gasteiger partial charge in [0, 0.05) is 0 Å². The molecule has 0 aromatic carbocycles. The van der Waals surface area contributed by atoms with E-state index in [9.17, 15) is 0 Å². The summed E-state index contributed by atoms with van der Waals surface area (Å²) in [7, 11) is 0. The van der Waals surface area contributed by atoms with Gasteiger partial charge < -0.3 is 15.3 Å². The van der Waals surface area contributed by atoms with Crippen molar-refractivity contribution in [3.05, 3.63) is 15.3 Å². The molecule has 0 saturated carbocycles. The molecular formula is H2NNaO3Pb. The fraction of sp³-hybridized carbons (Fsp3) is 0. The van der Waals surface area contributed by atoms with Gasteiger partial charge in [-0.1, -0.05) is 0 Å². The fourth-order valence-electron chi connectivity index (χ4n) is 0. The molecule has 0 bridgehead atoms. The van der Waals surface area contributed by atoms with Crippen molar-refractivity contribution in [3.8, 4) is 0 Å². The monoisotopic (exact) mass is 295 g/mol. The molecule has 2 radical (unpaired) electrons. The van der Waals surface area contributed by atoms with Gasteiger partial charge in [0.25, 0.3) is 0 Å². The number of hydrogen-bond acceptors (Lipinski definition) is 3. The Morgan fingerprint density at radius 1 is 1.33 bits per heavy atom. The third-order valence-electron chi connectivity index (χ3n) is 0. The van der Waals surface area contributed by atoms with Crippen molar-refractivity contribution in [3.63, 3.8) is 0 Å². The van der Waals surface area contributed by atoms with Crippen molar-refractivity contribution < 1.29 is 34.6 Å². The Labute approximate surface area is 76.5 Å². The van der Waals surface area contributed by atoms with Gasteiger partial charge >= 0.3 is 56.9 Å². The van der Waals surface area contributed by atoms with E-state index in [1.807, 2.05) is 0 Å². The summed E-state index contributed by atoms with van der Waals surface area (Å²) in [5.74, 6) is 0. The molecule has 0 unspecified atom stereocenters. The molecule has 0 aliphatic rings. The third kappa shape index (κ3) is 69.1. The second-order valence-corrected chi connectivity index (χ2v) is 0.224. The Morgan fingerprint density at radius 2 is 1.33 bits per heavy atom. The molecule has 30 valence electrons. The Hall–Kier alpha value is 1.12. The van der Waals surface area contributed by atoms with E-state index >= 15 is 0 Å². The zero-order valence-electron chi connectivity index (χ0n) is 3.38. The number of nitrogens with zero attached hydrogens (tertiary/aromatic N) is 1. The van der Waals surface area contributed by atoms with E-state index in [0.717, 1.165) is 0 Å². The van der Waals surface area contributed by atoms with Crippen LogP contribution in [0.2, 0.25) is 0 Å². The quantitative estimate of drug-likeness (QED) is 0.259. The zero-order chi connectivity index (χ0) is 3.58. The van der Waals surface area contributed by atoms with Crippen molar-refractivity contribution in [2.24, 2.45) is 0 Å². The van der Waals surface area contributed by atoms with Crippen molar-refractivity contribution in [1.82, 2.24) is 0 Å². The van der Waals surface area contributed by atoms with Crippen LogP contribution in [-0.2, 0) is 0 Å². The van der Waals surface area contributed by atoms with Crippen LogP contribution >= 0.6 is 0 Å². The molecule has 4 nitrogen and oxygen atoms in total. The fourth-order valence-corrected chi connectivity index (χ4v) is 0. The first kappa shape index (κ1) is 15.7. The van der Waals surface area contributed by atoms with Gasteiger partial charge in [0.05, 0.1) is 5.09 Å². The minimum absolute atomic E-state index is 0. The molecule has 0 fully saturated rings. The Balaban J connectivity index is -0.0000000450. The minimum atomic E-state index is -1.75. The molecule has 0 aliphatic heterocycles. The summed E-state index contributed by atoms with van der Waals surface area (Å²) < 4.78 is 0. The van der Waals surface area contributed by atoms with Crippen LogP contribution < -0.4 is 29.6 Å². The summed E-state index contributed by atoms with van der Waals surface area (Å²) in [6.07, 6.45) is 0. The molecule has 0 spiro atoms. The standard InChI is InChI=1S/NO3.Na.Pb.2H/c2-1(3)4;;;;/q-1;+1;;;. The van der Waals surface area contributed by atoms with Crippen LogP contribution in [0.1, 0.15) is 0 Å². The average molecular weight is 294 g/mol. The third-order valence-corrected chi connectivity index (χ3v) is 0. The van der Waals surface area contributed by atoms with Crippen molar-refractivity contribution in [1.29, 1.82) is 0 Å². The zero-order valence-corrected chi connectivity index (χ0v) is 10.9. The molecule has 6 heavy (non-hydrogen) atoms. The van der Waals surface area contributed by atoms with E-state index < -0.39 is 5.09 Å². The van der Waals surface area contributed by atoms with Crippen molar-refractivity contribution in [2.75, 3.05) is 0 Å². The summed E-state index contributed by atoms with van der Waals surface area (Å²) in [6, 6.07) is 0. The van der Waals surface area contributed by atoms with E-state index in [-0.39, 0.29) is 56.9 Å². The Morgan fingerprint density at radius 3 is 1.33 bits per heavy atom. The maximum atomic E-state index is 8.25. The molecule has 0 amide bonds. The molecule has 0 aromatic heterocycles. The number of rotatable bonds is 0.